The zero-order valence-corrected chi connectivity index (χ0v) is 18.0. The first-order chi connectivity index (χ1) is 15.1. The lowest BCUT2D eigenvalue weighted by Gasteiger charge is -2.38. The number of para-hydroxylation sites is 1. The second-order valence-corrected chi connectivity index (χ2v) is 8.15. The van der Waals surface area contributed by atoms with E-state index in [0.29, 0.717) is 17.0 Å². The Morgan fingerprint density at radius 2 is 1.71 bits per heavy atom. The van der Waals surface area contributed by atoms with Crippen molar-refractivity contribution < 1.29 is 0 Å². The predicted octanol–water partition coefficient (Wildman–Crippen LogP) is 3.65. The molecular formula is C23H23ClN6O. The number of nitrogens with zero attached hydrogens (tertiary/aromatic N) is 5. The van der Waals surface area contributed by atoms with Crippen LogP contribution in [0.25, 0.3) is 16.7 Å². The van der Waals surface area contributed by atoms with Crippen LogP contribution in [0.3, 0.4) is 0 Å². The molecule has 1 aliphatic rings. The van der Waals surface area contributed by atoms with Gasteiger partial charge in [-0.15, -0.1) is 0 Å². The largest absolute Gasteiger partial charge is 0.340 e. The number of piperazine rings is 1. The van der Waals surface area contributed by atoms with E-state index in [1.165, 1.54) is 0 Å². The number of hydrogen-bond acceptors (Lipinski definition) is 5. The van der Waals surface area contributed by atoms with E-state index < -0.39 is 0 Å². The SMILES string of the molecule is CC(c1ccccc1Cl)N1CCN(c2nc3c(cnn3-c3ccccc3)c(=O)[nH]2)CC1. The highest BCUT2D eigenvalue weighted by Gasteiger charge is 2.25. The van der Waals surface area contributed by atoms with Crippen molar-refractivity contribution in [2.45, 2.75) is 13.0 Å². The summed E-state index contributed by atoms with van der Waals surface area (Å²) in [6.07, 6.45) is 1.57. The van der Waals surface area contributed by atoms with E-state index in [-0.39, 0.29) is 11.6 Å². The lowest BCUT2D eigenvalue weighted by atomic mass is 10.1. The van der Waals surface area contributed by atoms with Gasteiger partial charge in [0.25, 0.3) is 5.56 Å². The highest BCUT2D eigenvalue weighted by molar-refractivity contribution is 6.31. The number of nitrogens with one attached hydrogen (secondary N) is 1. The molecule has 1 N–H and O–H groups in total. The Kier molecular flexibility index (Phi) is 5.21. The third kappa shape index (κ3) is 3.71. The number of anilines is 1. The Balaban J connectivity index is 1.39. The van der Waals surface area contributed by atoms with Gasteiger partial charge in [0, 0.05) is 37.2 Å². The first-order valence-corrected chi connectivity index (χ1v) is 10.8. The molecule has 3 heterocycles. The van der Waals surface area contributed by atoms with Crippen molar-refractivity contribution in [3.63, 3.8) is 0 Å². The van der Waals surface area contributed by atoms with Crippen LogP contribution in [-0.2, 0) is 0 Å². The molecule has 31 heavy (non-hydrogen) atoms. The van der Waals surface area contributed by atoms with Crippen molar-refractivity contribution >= 4 is 28.6 Å². The van der Waals surface area contributed by atoms with Crippen LogP contribution in [0.5, 0.6) is 0 Å². The molecule has 0 amide bonds. The van der Waals surface area contributed by atoms with Crippen LogP contribution in [0.15, 0.2) is 65.6 Å². The molecule has 8 heteroatoms. The summed E-state index contributed by atoms with van der Waals surface area (Å²) in [5.41, 5.74) is 2.41. The molecule has 0 spiro atoms. The van der Waals surface area contributed by atoms with Gasteiger partial charge < -0.3 is 4.90 Å². The summed E-state index contributed by atoms with van der Waals surface area (Å²) < 4.78 is 1.71. The van der Waals surface area contributed by atoms with Gasteiger partial charge in [0.15, 0.2) is 5.65 Å². The fourth-order valence-electron chi connectivity index (χ4n) is 4.15. The van der Waals surface area contributed by atoms with Gasteiger partial charge in [0.2, 0.25) is 5.95 Å². The number of aromatic amines is 1. The standard InChI is InChI=1S/C23H23ClN6O/c1-16(18-9-5-6-10-20(18)24)28-11-13-29(14-12-28)23-26-21-19(22(31)27-23)15-25-30(21)17-7-3-2-4-8-17/h2-10,15-16H,11-14H2,1H3,(H,26,27,31). The molecule has 2 aromatic heterocycles. The highest BCUT2D eigenvalue weighted by Crippen LogP contribution is 2.28. The predicted molar refractivity (Wildman–Crippen MR) is 123 cm³/mol. The number of hydrogen-bond donors (Lipinski definition) is 1. The minimum Gasteiger partial charge on any atom is -0.340 e. The third-order valence-corrected chi connectivity index (χ3v) is 6.29. The van der Waals surface area contributed by atoms with Crippen molar-refractivity contribution in [3.8, 4) is 5.69 Å². The fraction of sp³-hybridized carbons (Fsp3) is 0.261. The van der Waals surface area contributed by atoms with E-state index in [1.54, 1.807) is 10.9 Å². The average molecular weight is 435 g/mol. The van der Waals surface area contributed by atoms with E-state index in [4.69, 9.17) is 16.6 Å². The zero-order chi connectivity index (χ0) is 21.4. The Morgan fingerprint density at radius 1 is 1.00 bits per heavy atom. The molecule has 0 radical (unpaired) electrons. The molecule has 1 aliphatic heterocycles. The first kappa shape index (κ1) is 19.8. The maximum absolute atomic E-state index is 12.7. The monoisotopic (exact) mass is 434 g/mol. The lowest BCUT2D eigenvalue weighted by Crippen LogP contribution is -2.48. The Morgan fingerprint density at radius 3 is 2.45 bits per heavy atom. The highest BCUT2D eigenvalue weighted by atomic mass is 35.5. The van der Waals surface area contributed by atoms with Gasteiger partial charge in [-0.05, 0) is 30.7 Å². The number of aromatic nitrogens is 4. The minimum absolute atomic E-state index is 0.172. The number of benzene rings is 2. The van der Waals surface area contributed by atoms with Gasteiger partial charge in [-0.2, -0.15) is 10.1 Å². The normalized spacial score (nSPS) is 16.0. The molecule has 0 aliphatic carbocycles. The van der Waals surface area contributed by atoms with E-state index in [1.807, 2.05) is 48.5 Å². The maximum Gasteiger partial charge on any atom is 0.263 e. The third-order valence-electron chi connectivity index (χ3n) is 5.94. The summed E-state index contributed by atoms with van der Waals surface area (Å²) in [6.45, 7) is 5.42. The van der Waals surface area contributed by atoms with E-state index in [2.05, 4.69) is 32.9 Å². The van der Waals surface area contributed by atoms with Crippen LogP contribution in [0, 0.1) is 0 Å². The van der Waals surface area contributed by atoms with E-state index in [9.17, 15) is 4.79 Å². The van der Waals surface area contributed by atoms with Gasteiger partial charge in [-0.1, -0.05) is 48.0 Å². The molecule has 2 aromatic carbocycles. The maximum atomic E-state index is 12.7. The van der Waals surface area contributed by atoms with Crippen molar-refractivity contribution in [2.75, 3.05) is 31.1 Å². The Bertz CT molecular complexity index is 1260. The zero-order valence-electron chi connectivity index (χ0n) is 17.2. The number of rotatable bonds is 4. The molecule has 0 saturated carbocycles. The van der Waals surface area contributed by atoms with Crippen LogP contribution >= 0.6 is 11.6 Å². The summed E-state index contributed by atoms with van der Waals surface area (Å²) >= 11 is 6.40. The number of fused-ring (bicyclic) bond motifs is 1. The van der Waals surface area contributed by atoms with Crippen LogP contribution in [0.2, 0.25) is 5.02 Å². The first-order valence-electron chi connectivity index (χ1n) is 10.4. The second-order valence-electron chi connectivity index (χ2n) is 7.74. The van der Waals surface area contributed by atoms with Gasteiger partial charge in [0.05, 0.1) is 11.9 Å². The minimum atomic E-state index is -0.172. The molecule has 1 fully saturated rings. The molecule has 5 rings (SSSR count). The van der Waals surface area contributed by atoms with E-state index in [0.717, 1.165) is 42.5 Å². The second kappa shape index (κ2) is 8.17. The van der Waals surface area contributed by atoms with Crippen molar-refractivity contribution in [3.05, 3.63) is 81.7 Å². The summed E-state index contributed by atoms with van der Waals surface area (Å²) in [5.74, 6) is 0.584. The van der Waals surface area contributed by atoms with Crippen LogP contribution < -0.4 is 10.5 Å². The molecule has 158 valence electrons. The van der Waals surface area contributed by atoms with Crippen LogP contribution in [-0.4, -0.2) is 50.8 Å². The van der Waals surface area contributed by atoms with Gasteiger partial charge in [-0.25, -0.2) is 4.68 Å². The topological polar surface area (TPSA) is 70.1 Å². The number of H-pyrrole nitrogens is 1. The molecule has 7 nitrogen and oxygen atoms in total. The summed E-state index contributed by atoms with van der Waals surface area (Å²) in [6, 6.07) is 17.9. The quantitative estimate of drug-likeness (QED) is 0.531. The smallest absolute Gasteiger partial charge is 0.263 e. The summed E-state index contributed by atoms with van der Waals surface area (Å²) in [4.78, 5) is 24.9. The van der Waals surface area contributed by atoms with Crippen molar-refractivity contribution in [2.24, 2.45) is 0 Å². The van der Waals surface area contributed by atoms with Crippen LogP contribution in [0.4, 0.5) is 5.95 Å². The van der Waals surface area contributed by atoms with Gasteiger partial charge >= 0.3 is 0 Å². The van der Waals surface area contributed by atoms with E-state index >= 15 is 0 Å². The molecule has 1 atom stereocenters. The lowest BCUT2D eigenvalue weighted by molar-refractivity contribution is 0.198. The molecule has 0 bridgehead atoms. The molecular weight excluding hydrogens is 412 g/mol. The summed E-state index contributed by atoms with van der Waals surface area (Å²) in [7, 11) is 0. The molecule has 4 aromatic rings. The van der Waals surface area contributed by atoms with Gasteiger partial charge in [0.1, 0.15) is 5.39 Å². The summed E-state index contributed by atoms with van der Waals surface area (Å²) in [5, 5.41) is 5.66. The fourth-order valence-corrected chi connectivity index (χ4v) is 4.44. The van der Waals surface area contributed by atoms with Crippen molar-refractivity contribution in [1.29, 1.82) is 0 Å². The van der Waals surface area contributed by atoms with Gasteiger partial charge in [-0.3, -0.25) is 14.7 Å². The number of halogens is 1. The average Bonchev–Trinajstić information content (AvgIpc) is 3.24. The molecule has 1 saturated heterocycles. The van der Waals surface area contributed by atoms with Crippen LogP contribution in [0.1, 0.15) is 18.5 Å². The Hall–Kier alpha value is -3.16. The molecule has 1 unspecified atom stereocenters. The van der Waals surface area contributed by atoms with Crippen molar-refractivity contribution in [1.82, 2.24) is 24.6 Å². The Labute approximate surface area is 184 Å².